The van der Waals surface area contributed by atoms with E-state index in [1.807, 2.05) is 0 Å². The molecule has 0 aromatic carbocycles. The van der Waals surface area contributed by atoms with Gasteiger partial charge < -0.3 is 20.1 Å². The van der Waals surface area contributed by atoms with Crippen LogP contribution in [-0.2, 0) is 4.74 Å². The van der Waals surface area contributed by atoms with E-state index >= 15 is 0 Å². The molecule has 4 atom stereocenters. The number of ether oxygens (including phenoxy) is 2. The lowest BCUT2D eigenvalue weighted by Crippen LogP contribution is -2.37. The Kier molecular flexibility index (Phi) is 4.04. The first-order valence-electron chi connectivity index (χ1n) is 9.10. The molecule has 5 rings (SSSR count). The van der Waals surface area contributed by atoms with E-state index < -0.39 is 12.8 Å². The van der Waals surface area contributed by atoms with Crippen LogP contribution in [0.5, 0.6) is 5.75 Å². The van der Waals surface area contributed by atoms with Crippen molar-refractivity contribution in [2.75, 3.05) is 23.8 Å². The average molecular weight is 393 g/mol. The number of alkyl halides is 3. The largest absolute Gasteiger partial charge is 0.431 e. The lowest BCUT2D eigenvalue weighted by atomic mass is 10.1. The molecule has 10 heteroatoms. The quantitative estimate of drug-likeness (QED) is 0.835. The highest BCUT2D eigenvalue weighted by atomic mass is 19.3. The molecule has 2 bridgehead atoms. The van der Waals surface area contributed by atoms with Crippen molar-refractivity contribution in [3.63, 3.8) is 0 Å². The Bertz CT molecular complexity index is 915. The fourth-order valence-electron chi connectivity index (χ4n) is 3.81. The average Bonchev–Trinajstić information content (AvgIpc) is 3.07. The first kappa shape index (κ1) is 17.5. The number of nitrogen functional groups attached to an aromatic ring is 1. The van der Waals surface area contributed by atoms with Gasteiger partial charge in [-0.2, -0.15) is 8.78 Å². The van der Waals surface area contributed by atoms with Crippen LogP contribution >= 0.6 is 0 Å². The second-order valence-corrected chi connectivity index (χ2v) is 7.31. The Morgan fingerprint density at radius 2 is 2.07 bits per heavy atom. The van der Waals surface area contributed by atoms with E-state index in [2.05, 4.69) is 24.6 Å². The molecule has 2 saturated heterocycles. The summed E-state index contributed by atoms with van der Waals surface area (Å²) in [5.74, 6) is 0.393. The van der Waals surface area contributed by atoms with E-state index in [9.17, 15) is 13.2 Å². The minimum Gasteiger partial charge on any atom is -0.431 e. The van der Waals surface area contributed by atoms with Gasteiger partial charge in [0.1, 0.15) is 17.8 Å². The first-order valence-corrected chi connectivity index (χ1v) is 9.10. The summed E-state index contributed by atoms with van der Waals surface area (Å²) in [6.45, 7) is -1.68. The lowest BCUT2D eigenvalue weighted by Gasteiger charge is -2.28. The summed E-state index contributed by atoms with van der Waals surface area (Å²) < 4.78 is 49.0. The van der Waals surface area contributed by atoms with Gasteiger partial charge in [-0.05, 0) is 18.9 Å². The fraction of sp³-hybridized carbons (Fsp3) is 0.500. The zero-order chi connectivity index (χ0) is 19.4. The summed E-state index contributed by atoms with van der Waals surface area (Å²) in [4.78, 5) is 15.1. The van der Waals surface area contributed by atoms with Crippen molar-refractivity contribution >= 4 is 11.6 Å². The maximum Gasteiger partial charge on any atom is 0.387 e. The van der Waals surface area contributed by atoms with Crippen LogP contribution in [0.4, 0.5) is 24.8 Å². The number of anilines is 2. The molecule has 3 aliphatic rings. The lowest BCUT2D eigenvalue weighted by molar-refractivity contribution is -0.0494. The number of nitrogens with two attached hydrogens (primary N) is 1. The van der Waals surface area contributed by atoms with Gasteiger partial charge in [0.05, 0.1) is 30.4 Å². The van der Waals surface area contributed by atoms with Crippen LogP contribution in [0.15, 0.2) is 18.3 Å². The predicted molar refractivity (Wildman–Crippen MR) is 94.1 cm³/mol. The maximum atomic E-state index is 13.7. The highest BCUT2D eigenvalue weighted by molar-refractivity contribution is 5.67. The van der Waals surface area contributed by atoms with Crippen LogP contribution in [0, 0.1) is 0 Å². The molecule has 1 saturated carbocycles. The molecule has 0 spiro atoms. The third-order valence-electron chi connectivity index (χ3n) is 5.36. The van der Waals surface area contributed by atoms with Crippen LogP contribution in [-0.4, -0.2) is 53.0 Å². The van der Waals surface area contributed by atoms with E-state index in [1.165, 1.54) is 12.3 Å². The molecular formula is C18H18F3N5O2. The van der Waals surface area contributed by atoms with E-state index in [-0.39, 0.29) is 29.6 Å². The molecule has 1 aliphatic carbocycles. The number of fused-ring (bicyclic) bond motifs is 2. The maximum absolute atomic E-state index is 13.7. The minimum atomic E-state index is -3.02. The van der Waals surface area contributed by atoms with Crippen molar-refractivity contribution in [1.29, 1.82) is 0 Å². The summed E-state index contributed by atoms with van der Waals surface area (Å²) in [5, 5.41) is 0. The number of pyridine rings is 1. The molecule has 4 heterocycles. The number of hydrogen-bond donors (Lipinski definition) is 1. The van der Waals surface area contributed by atoms with Crippen molar-refractivity contribution in [3.8, 4) is 17.0 Å². The first-order chi connectivity index (χ1) is 13.5. The van der Waals surface area contributed by atoms with E-state index in [0.717, 1.165) is 6.42 Å². The smallest absolute Gasteiger partial charge is 0.387 e. The van der Waals surface area contributed by atoms with Crippen molar-refractivity contribution in [2.45, 2.75) is 43.7 Å². The Morgan fingerprint density at radius 3 is 2.71 bits per heavy atom. The number of hydrogen-bond acceptors (Lipinski definition) is 7. The zero-order valence-electron chi connectivity index (χ0n) is 14.8. The van der Waals surface area contributed by atoms with Crippen molar-refractivity contribution in [2.24, 2.45) is 0 Å². The molecule has 7 nitrogen and oxygen atoms in total. The Hall–Kier alpha value is -2.62. The second kappa shape index (κ2) is 6.47. The third kappa shape index (κ3) is 3.11. The fourth-order valence-corrected chi connectivity index (χ4v) is 3.81. The Morgan fingerprint density at radius 1 is 1.25 bits per heavy atom. The number of nitrogens with zero attached hydrogens (tertiary/aromatic N) is 4. The number of halogens is 3. The molecule has 2 N–H and O–H groups in total. The highest BCUT2D eigenvalue weighted by Crippen LogP contribution is 2.43. The van der Waals surface area contributed by atoms with E-state index in [1.54, 1.807) is 6.07 Å². The molecule has 3 fully saturated rings. The molecular weight excluding hydrogens is 375 g/mol. The summed E-state index contributed by atoms with van der Waals surface area (Å²) in [5.41, 5.74) is 6.54. The topological polar surface area (TPSA) is 86.4 Å². The zero-order valence-corrected chi connectivity index (χ0v) is 14.8. The van der Waals surface area contributed by atoms with E-state index in [4.69, 9.17) is 10.5 Å². The van der Waals surface area contributed by atoms with E-state index in [0.29, 0.717) is 42.5 Å². The van der Waals surface area contributed by atoms with Crippen LogP contribution in [0.2, 0.25) is 0 Å². The standard InChI is InChI=1S/C18H18F3N5O2/c19-12-3-11(12)17-24-13(8-1-14(28-18(20)21)16(22)23-5-8)4-15(25-17)26-6-10-2-9(26)7-27-10/h1,4-5,9-12,18H,2-3,6-7H2,(H2,22,23)/t9-,10-,11+,12-/m0/s1. The van der Waals surface area contributed by atoms with Gasteiger partial charge in [-0.25, -0.2) is 19.3 Å². The Balaban J connectivity index is 1.54. The van der Waals surface area contributed by atoms with Gasteiger partial charge in [0.25, 0.3) is 0 Å². The van der Waals surface area contributed by atoms with Gasteiger partial charge in [0.2, 0.25) is 0 Å². The minimum absolute atomic E-state index is 0.140. The summed E-state index contributed by atoms with van der Waals surface area (Å²) in [7, 11) is 0. The van der Waals surface area contributed by atoms with Gasteiger partial charge >= 0.3 is 6.61 Å². The van der Waals surface area contributed by atoms with Crippen LogP contribution in [0.3, 0.4) is 0 Å². The molecule has 2 aromatic heterocycles. The molecule has 28 heavy (non-hydrogen) atoms. The van der Waals surface area contributed by atoms with Gasteiger partial charge in [-0.1, -0.05) is 0 Å². The second-order valence-electron chi connectivity index (χ2n) is 7.31. The van der Waals surface area contributed by atoms with Gasteiger partial charge in [0, 0.05) is 24.4 Å². The SMILES string of the molecule is Nc1ncc(-c2cc(N3C[C@@H]4C[C@H]3CO4)nc([C@@H]3C[C@@H]3F)n2)cc1OC(F)F. The van der Waals surface area contributed by atoms with Gasteiger partial charge in [0.15, 0.2) is 11.6 Å². The summed E-state index contributed by atoms with van der Waals surface area (Å²) in [6, 6.07) is 3.35. The van der Waals surface area contributed by atoms with Crippen LogP contribution in [0.1, 0.15) is 24.6 Å². The molecule has 0 amide bonds. The molecule has 2 aromatic rings. The third-order valence-corrected chi connectivity index (χ3v) is 5.36. The Labute approximate surface area is 158 Å². The molecule has 2 aliphatic heterocycles. The number of morpholine rings is 1. The molecule has 148 valence electrons. The molecule has 0 unspecified atom stereocenters. The summed E-state index contributed by atoms with van der Waals surface area (Å²) >= 11 is 0. The number of rotatable bonds is 5. The summed E-state index contributed by atoms with van der Waals surface area (Å²) in [6.07, 6.45) is 1.97. The van der Waals surface area contributed by atoms with Crippen LogP contribution in [0.25, 0.3) is 11.3 Å². The normalized spacial score (nSPS) is 28.2. The molecule has 0 radical (unpaired) electrons. The van der Waals surface area contributed by atoms with Crippen LogP contribution < -0.4 is 15.4 Å². The number of aromatic nitrogens is 3. The monoisotopic (exact) mass is 393 g/mol. The highest BCUT2D eigenvalue weighted by Gasteiger charge is 2.43. The van der Waals surface area contributed by atoms with Gasteiger partial charge in [-0.15, -0.1) is 0 Å². The van der Waals surface area contributed by atoms with Crippen molar-refractivity contribution in [3.05, 3.63) is 24.2 Å². The van der Waals surface area contributed by atoms with Gasteiger partial charge in [-0.3, -0.25) is 0 Å². The predicted octanol–water partition coefficient (Wildman–Crippen LogP) is 2.53. The van der Waals surface area contributed by atoms with Crippen molar-refractivity contribution < 1.29 is 22.6 Å². The van der Waals surface area contributed by atoms with Crippen molar-refractivity contribution in [1.82, 2.24) is 15.0 Å².